The van der Waals surface area contributed by atoms with Gasteiger partial charge in [0, 0.05) is 47.7 Å². The van der Waals surface area contributed by atoms with E-state index >= 15 is 0 Å². The zero-order valence-electron chi connectivity index (χ0n) is 20.6. The monoisotopic (exact) mass is 553 g/mol. The molecule has 0 unspecified atom stereocenters. The maximum absolute atomic E-state index is 13.0. The molecule has 9 nitrogen and oxygen atoms in total. The molecular weight excluding hydrogens is 529 g/mol. The Bertz CT molecular complexity index is 1470. The molecule has 4 rings (SSSR count). The molecule has 0 saturated carbocycles. The van der Waals surface area contributed by atoms with Crippen LogP contribution in [0.3, 0.4) is 0 Å². The highest BCUT2D eigenvalue weighted by Gasteiger charge is 2.20. The number of nitrogens with zero attached hydrogens (tertiary/aromatic N) is 3. The minimum absolute atomic E-state index is 0.0549. The van der Waals surface area contributed by atoms with Gasteiger partial charge in [-0.05, 0) is 56.1 Å². The fraction of sp³-hybridized carbons (Fsp3) is 0.148. The van der Waals surface area contributed by atoms with Crippen molar-refractivity contribution in [2.75, 3.05) is 31.3 Å². The molecule has 11 heteroatoms. The molecule has 2 aromatic carbocycles. The number of phenolic OH excluding ortho intramolecular Hbond substituents is 1. The molecule has 2 heterocycles. The van der Waals surface area contributed by atoms with Gasteiger partial charge in [0.1, 0.15) is 11.6 Å². The van der Waals surface area contributed by atoms with E-state index in [1.165, 1.54) is 24.4 Å². The van der Waals surface area contributed by atoms with Gasteiger partial charge in [0.15, 0.2) is 5.88 Å². The van der Waals surface area contributed by atoms with E-state index in [1.807, 2.05) is 31.3 Å². The standard InChI is InChI=1S/C27H25Cl2N5O4/c1-33(2)11-12-34-10-9-20(27(34)38)16-3-5-17(6-4-16)25(36)32-24-21(13-19(29)14-22(24)35)26(37)31-23-8-7-18(28)15-30-23/h3-10,13-15,35,38H,11-12H2,1-2H3,(H,32,36)(H,30,31,37). The lowest BCUT2D eigenvalue weighted by Crippen LogP contribution is -2.19. The first-order valence-electron chi connectivity index (χ1n) is 11.5. The Morgan fingerprint density at radius 3 is 2.34 bits per heavy atom. The van der Waals surface area contributed by atoms with Crippen LogP contribution in [0.2, 0.25) is 10.0 Å². The van der Waals surface area contributed by atoms with E-state index in [0.29, 0.717) is 17.1 Å². The molecule has 0 saturated heterocycles. The number of hydrogen-bond donors (Lipinski definition) is 4. The van der Waals surface area contributed by atoms with Gasteiger partial charge in [-0.2, -0.15) is 0 Å². The molecule has 0 aliphatic carbocycles. The highest BCUT2D eigenvalue weighted by Crippen LogP contribution is 2.33. The number of phenols is 1. The highest BCUT2D eigenvalue weighted by atomic mass is 35.5. The summed E-state index contributed by atoms with van der Waals surface area (Å²) >= 11 is 11.9. The summed E-state index contributed by atoms with van der Waals surface area (Å²) in [6, 6.07) is 14.0. The van der Waals surface area contributed by atoms with Gasteiger partial charge in [0.25, 0.3) is 11.8 Å². The summed E-state index contributed by atoms with van der Waals surface area (Å²) < 4.78 is 1.76. The smallest absolute Gasteiger partial charge is 0.259 e. The number of amides is 2. The number of halogens is 2. The number of rotatable bonds is 8. The summed E-state index contributed by atoms with van der Waals surface area (Å²) in [5, 5.41) is 26.8. The van der Waals surface area contributed by atoms with Crippen molar-refractivity contribution >= 4 is 46.5 Å². The van der Waals surface area contributed by atoms with Crippen molar-refractivity contribution in [3.63, 3.8) is 0 Å². The average molecular weight is 554 g/mol. The zero-order valence-corrected chi connectivity index (χ0v) is 22.1. The van der Waals surface area contributed by atoms with Crippen molar-refractivity contribution in [3.05, 3.63) is 88.2 Å². The van der Waals surface area contributed by atoms with Crippen LogP contribution in [-0.4, -0.2) is 57.1 Å². The lowest BCUT2D eigenvalue weighted by molar-refractivity contribution is 0.102. The van der Waals surface area contributed by atoms with Gasteiger partial charge in [-0.3, -0.25) is 9.59 Å². The maximum Gasteiger partial charge on any atom is 0.259 e. The minimum Gasteiger partial charge on any atom is -0.506 e. The molecule has 38 heavy (non-hydrogen) atoms. The summed E-state index contributed by atoms with van der Waals surface area (Å²) in [6.07, 6.45) is 3.18. The van der Waals surface area contributed by atoms with Gasteiger partial charge in [0.05, 0.1) is 16.3 Å². The number of aromatic hydroxyl groups is 2. The van der Waals surface area contributed by atoms with Crippen molar-refractivity contribution in [2.45, 2.75) is 6.54 Å². The van der Waals surface area contributed by atoms with Crippen LogP contribution in [0.15, 0.2) is 67.0 Å². The number of carbonyl (C=O) groups excluding carboxylic acids is 2. The first kappa shape index (κ1) is 27.0. The van der Waals surface area contributed by atoms with Gasteiger partial charge >= 0.3 is 0 Å². The van der Waals surface area contributed by atoms with E-state index in [1.54, 1.807) is 34.9 Å². The van der Waals surface area contributed by atoms with Crippen molar-refractivity contribution < 1.29 is 19.8 Å². The number of carbonyl (C=O) groups is 2. The van der Waals surface area contributed by atoms with Crippen LogP contribution in [0.5, 0.6) is 11.6 Å². The summed E-state index contributed by atoms with van der Waals surface area (Å²) in [4.78, 5) is 32.0. The molecule has 0 aliphatic heterocycles. The molecule has 0 fully saturated rings. The molecule has 0 spiro atoms. The number of pyridine rings is 1. The molecule has 2 aromatic heterocycles. The zero-order chi connectivity index (χ0) is 27.4. The van der Waals surface area contributed by atoms with E-state index in [4.69, 9.17) is 23.2 Å². The summed E-state index contributed by atoms with van der Waals surface area (Å²) in [5.41, 5.74) is 1.49. The second-order valence-electron chi connectivity index (χ2n) is 8.74. The van der Waals surface area contributed by atoms with Crippen LogP contribution in [-0.2, 0) is 6.54 Å². The van der Waals surface area contributed by atoms with Crippen LogP contribution in [0, 0.1) is 0 Å². The summed E-state index contributed by atoms with van der Waals surface area (Å²) in [7, 11) is 3.92. The van der Waals surface area contributed by atoms with E-state index in [9.17, 15) is 19.8 Å². The SMILES string of the molecule is CN(C)CCn1ccc(-c2ccc(C(=O)Nc3c(O)cc(Cl)cc3C(=O)Nc3ccc(Cl)cn3)cc2)c1O. The Morgan fingerprint density at radius 1 is 0.947 bits per heavy atom. The summed E-state index contributed by atoms with van der Waals surface area (Å²) in [5.74, 6) is -1.20. The number of hydrogen-bond acceptors (Lipinski definition) is 6. The van der Waals surface area contributed by atoms with Gasteiger partial charge < -0.3 is 30.3 Å². The van der Waals surface area contributed by atoms with Gasteiger partial charge in [-0.15, -0.1) is 0 Å². The van der Waals surface area contributed by atoms with Crippen LogP contribution >= 0.6 is 23.2 Å². The van der Waals surface area contributed by atoms with Gasteiger partial charge in [-0.1, -0.05) is 35.3 Å². The number of anilines is 2. The summed E-state index contributed by atoms with van der Waals surface area (Å²) in [6.45, 7) is 1.41. The fourth-order valence-electron chi connectivity index (χ4n) is 3.70. The minimum atomic E-state index is -0.641. The van der Waals surface area contributed by atoms with Gasteiger partial charge in [0.2, 0.25) is 0 Å². The van der Waals surface area contributed by atoms with Crippen molar-refractivity contribution in [3.8, 4) is 22.8 Å². The average Bonchev–Trinajstić information content (AvgIpc) is 3.25. The lowest BCUT2D eigenvalue weighted by atomic mass is 10.1. The fourth-order valence-corrected chi connectivity index (χ4v) is 4.03. The lowest BCUT2D eigenvalue weighted by Gasteiger charge is -2.14. The molecule has 0 bridgehead atoms. The van der Waals surface area contributed by atoms with Crippen LogP contribution in [0.25, 0.3) is 11.1 Å². The van der Waals surface area contributed by atoms with Crippen molar-refractivity contribution in [1.82, 2.24) is 14.5 Å². The molecule has 196 valence electrons. The van der Waals surface area contributed by atoms with E-state index < -0.39 is 11.8 Å². The van der Waals surface area contributed by atoms with Crippen molar-refractivity contribution in [2.24, 2.45) is 0 Å². The third kappa shape index (κ3) is 6.25. The Hall–Kier alpha value is -4.05. The molecule has 0 aliphatic rings. The molecular formula is C27H25Cl2N5O4. The number of benzene rings is 2. The highest BCUT2D eigenvalue weighted by molar-refractivity contribution is 6.32. The third-order valence-electron chi connectivity index (χ3n) is 5.71. The molecule has 2 amide bonds. The third-order valence-corrected chi connectivity index (χ3v) is 6.16. The quantitative estimate of drug-likeness (QED) is 0.219. The van der Waals surface area contributed by atoms with E-state index in [-0.39, 0.29) is 39.3 Å². The number of aromatic nitrogens is 2. The normalized spacial score (nSPS) is 11.0. The van der Waals surface area contributed by atoms with Crippen LogP contribution in [0.1, 0.15) is 20.7 Å². The predicted molar refractivity (Wildman–Crippen MR) is 148 cm³/mol. The maximum atomic E-state index is 13.0. The largest absolute Gasteiger partial charge is 0.506 e. The Kier molecular flexibility index (Phi) is 8.21. The second-order valence-corrected chi connectivity index (χ2v) is 9.62. The predicted octanol–water partition coefficient (Wildman–Crippen LogP) is 5.33. The number of likely N-dealkylation sites (N-methyl/N-ethyl adjacent to an activating group) is 1. The van der Waals surface area contributed by atoms with E-state index in [2.05, 4.69) is 15.6 Å². The first-order chi connectivity index (χ1) is 18.1. The first-order valence-corrected chi connectivity index (χ1v) is 12.3. The molecule has 0 atom stereocenters. The van der Waals surface area contributed by atoms with Crippen LogP contribution < -0.4 is 10.6 Å². The molecule has 4 N–H and O–H groups in total. The van der Waals surface area contributed by atoms with E-state index in [0.717, 1.165) is 12.1 Å². The molecule has 0 radical (unpaired) electrons. The number of nitrogens with one attached hydrogen (secondary N) is 2. The topological polar surface area (TPSA) is 120 Å². The Labute approximate surface area is 229 Å². The van der Waals surface area contributed by atoms with Crippen molar-refractivity contribution in [1.29, 1.82) is 0 Å². The van der Waals surface area contributed by atoms with Crippen LogP contribution in [0.4, 0.5) is 11.5 Å². The second kappa shape index (κ2) is 11.6. The molecule has 4 aromatic rings. The van der Waals surface area contributed by atoms with Gasteiger partial charge in [-0.25, -0.2) is 4.98 Å². The Balaban J connectivity index is 1.53. The Morgan fingerprint density at radius 2 is 1.68 bits per heavy atom.